The van der Waals surface area contributed by atoms with E-state index in [1.807, 2.05) is 30.3 Å². The van der Waals surface area contributed by atoms with E-state index in [1.165, 1.54) is 16.7 Å². The SMILES string of the molecule is O=C(O)COc1cccc2c1CCC(CNS/C=C/c1ccccc1)C2. The van der Waals surface area contributed by atoms with E-state index in [-0.39, 0.29) is 6.61 Å². The summed E-state index contributed by atoms with van der Waals surface area (Å²) in [5.74, 6) is 0.354. The third-order valence-corrected chi connectivity index (χ3v) is 5.08. The molecule has 0 radical (unpaired) electrons. The first-order chi connectivity index (χ1) is 12.7. The molecule has 0 aromatic heterocycles. The highest BCUT2D eigenvalue weighted by atomic mass is 32.2. The van der Waals surface area contributed by atoms with Gasteiger partial charge < -0.3 is 9.84 Å². The zero-order valence-corrected chi connectivity index (χ0v) is 15.4. The van der Waals surface area contributed by atoms with Gasteiger partial charge in [0.05, 0.1) is 0 Å². The number of aliphatic carboxylic acids is 1. The van der Waals surface area contributed by atoms with Crippen LogP contribution >= 0.6 is 11.9 Å². The highest BCUT2D eigenvalue weighted by Gasteiger charge is 2.21. The van der Waals surface area contributed by atoms with Gasteiger partial charge in [0.2, 0.25) is 0 Å². The molecule has 4 nitrogen and oxygen atoms in total. The number of carboxylic acid groups (broad SMARTS) is 1. The van der Waals surface area contributed by atoms with Crippen molar-refractivity contribution < 1.29 is 14.6 Å². The predicted octanol–water partition coefficient (Wildman–Crippen LogP) is 4.16. The molecule has 26 heavy (non-hydrogen) atoms. The number of fused-ring (bicyclic) bond motifs is 1. The van der Waals surface area contributed by atoms with Crippen LogP contribution in [0.4, 0.5) is 0 Å². The molecule has 0 saturated heterocycles. The van der Waals surface area contributed by atoms with E-state index in [0.29, 0.717) is 5.92 Å². The molecular weight excluding hydrogens is 346 g/mol. The second-order valence-corrected chi connectivity index (χ2v) is 7.16. The summed E-state index contributed by atoms with van der Waals surface area (Å²) in [5, 5.41) is 10.9. The third kappa shape index (κ3) is 5.38. The summed E-state index contributed by atoms with van der Waals surface area (Å²) in [5.41, 5.74) is 3.64. The fraction of sp³-hybridized carbons (Fsp3) is 0.286. The number of ether oxygens (including phenoxy) is 1. The van der Waals surface area contributed by atoms with Crippen molar-refractivity contribution in [2.24, 2.45) is 5.92 Å². The lowest BCUT2D eigenvalue weighted by Gasteiger charge is -2.26. The number of hydrogen-bond acceptors (Lipinski definition) is 4. The van der Waals surface area contributed by atoms with E-state index in [1.54, 1.807) is 11.9 Å². The van der Waals surface area contributed by atoms with Crippen molar-refractivity contribution >= 4 is 24.0 Å². The van der Waals surface area contributed by atoms with Crippen LogP contribution in [0.3, 0.4) is 0 Å². The van der Waals surface area contributed by atoms with Gasteiger partial charge >= 0.3 is 5.97 Å². The molecule has 0 amide bonds. The number of nitrogens with one attached hydrogen (secondary N) is 1. The number of rotatable bonds is 8. The minimum atomic E-state index is -0.943. The molecule has 0 fully saturated rings. The zero-order valence-electron chi connectivity index (χ0n) is 14.6. The van der Waals surface area contributed by atoms with Gasteiger partial charge in [0.1, 0.15) is 5.75 Å². The van der Waals surface area contributed by atoms with Crippen LogP contribution in [-0.2, 0) is 17.6 Å². The van der Waals surface area contributed by atoms with Crippen molar-refractivity contribution in [2.75, 3.05) is 13.2 Å². The Morgan fingerprint density at radius 3 is 2.88 bits per heavy atom. The second kappa shape index (κ2) is 9.46. The van der Waals surface area contributed by atoms with Gasteiger partial charge in [0.25, 0.3) is 0 Å². The van der Waals surface area contributed by atoms with Crippen LogP contribution in [0.5, 0.6) is 5.75 Å². The Kier molecular flexibility index (Phi) is 6.75. The lowest BCUT2D eigenvalue weighted by atomic mass is 9.83. The molecule has 1 aliphatic rings. The Labute approximate surface area is 158 Å². The molecule has 2 aromatic carbocycles. The quantitative estimate of drug-likeness (QED) is 0.540. The molecule has 5 heteroatoms. The zero-order chi connectivity index (χ0) is 18.2. The summed E-state index contributed by atoms with van der Waals surface area (Å²) in [6.07, 6.45) is 5.11. The van der Waals surface area contributed by atoms with Gasteiger partial charge in [-0.05, 0) is 59.4 Å². The average Bonchev–Trinajstić information content (AvgIpc) is 2.66. The smallest absolute Gasteiger partial charge is 0.341 e. The molecule has 1 atom stereocenters. The average molecular weight is 369 g/mol. The minimum absolute atomic E-state index is 0.286. The van der Waals surface area contributed by atoms with Crippen LogP contribution < -0.4 is 9.46 Å². The van der Waals surface area contributed by atoms with E-state index in [9.17, 15) is 4.79 Å². The van der Waals surface area contributed by atoms with Gasteiger partial charge in [0, 0.05) is 6.54 Å². The molecule has 0 heterocycles. The van der Waals surface area contributed by atoms with E-state index in [0.717, 1.165) is 31.6 Å². The fourth-order valence-electron chi connectivity index (χ4n) is 3.19. The lowest BCUT2D eigenvalue weighted by Crippen LogP contribution is -2.24. The Hall–Kier alpha value is -2.24. The molecule has 1 aliphatic carbocycles. The summed E-state index contributed by atoms with van der Waals surface area (Å²) in [6, 6.07) is 16.2. The molecule has 3 rings (SSSR count). The first kappa shape index (κ1) is 18.5. The van der Waals surface area contributed by atoms with Crippen LogP contribution in [0, 0.1) is 5.92 Å². The van der Waals surface area contributed by atoms with Crippen LogP contribution in [0.2, 0.25) is 0 Å². The van der Waals surface area contributed by atoms with Crippen LogP contribution in [0.1, 0.15) is 23.1 Å². The molecule has 0 saturated carbocycles. The normalized spacial score (nSPS) is 16.4. The Morgan fingerprint density at radius 1 is 1.23 bits per heavy atom. The van der Waals surface area contributed by atoms with Crippen LogP contribution in [-0.4, -0.2) is 24.2 Å². The minimum Gasteiger partial charge on any atom is -0.482 e. The maximum Gasteiger partial charge on any atom is 0.341 e. The largest absolute Gasteiger partial charge is 0.482 e. The van der Waals surface area contributed by atoms with Gasteiger partial charge in [0.15, 0.2) is 6.61 Å². The molecule has 2 aromatic rings. The first-order valence-corrected chi connectivity index (χ1v) is 9.66. The van der Waals surface area contributed by atoms with Crippen LogP contribution in [0.15, 0.2) is 53.9 Å². The Morgan fingerprint density at radius 2 is 2.08 bits per heavy atom. The van der Waals surface area contributed by atoms with Crippen molar-refractivity contribution in [3.05, 3.63) is 70.6 Å². The van der Waals surface area contributed by atoms with Gasteiger partial charge in [-0.1, -0.05) is 54.4 Å². The summed E-state index contributed by atoms with van der Waals surface area (Å²) in [6.45, 7) is 0.662. The van der Waals surface area contributed by atoms with Gasteiger partial charge in [-0.25, -0.2) is 4.79 Å². The first-order valence-electron chi connectivity index (χ1n) is 8.78. The second-order valence-electron chi connectivity index (χ2n) is 6.36. The molecule has 0 bridgehead atoms. The highest BCUT2D eigenvalue weighted by Crippen LogP contribution is 2.32. The predicted molar refractivity (Wildman–Crippen MR) is 106 cm³/mol. The Bertz CT molecular complexity index is 761. The van der Waals surface area contributed by atoms with Gasteiger partial charge in [-0.2, -0.15) is 0 Å². The monoisotopic (exact) mass is 369 g/mol. The topological polar surface area (TPSA) is 58.6 Å². The number of hydrogen-bond donors (Lipinski definition) is 2. The molecule has 1 unspecified atom stereocenters. The van der Waals surface area contributed by atoms with Crippen molar-refractivity contribution in [3.63, 3.8) is 0 Å². The number of benzene rings is 2. The molecular formula is C21H23NO3S. The van der Waals surface area contributed by atoms with Gasteiger partial charge in [-0.15, -0.1) is 0 Å². The fourth-order valence-corrected chi connectivity index (χ4v) is 3.84. The molecule has 0 aliphatic heterocycles. The van der Waals surface area contributed by atoms with Crippen molar-refractivity contribution in [2.45, 2.75) is 19.3 Å². The number of carboxylic acids is 1. The lowest BCUT2D eigenvalue weighted by molar-refractivity contribution is -0.139. The summed E-state index contributed by atoms with van der Waals surface area (Å²) in [7, 11) is 0. The van der Waals surface area contributed by atoms with Crippen molar-refractivity contribution in [1.82, 2.24) is 4.72 Å². The van der Waals surface area contributed by atoms with Gasteiger partial charge in [-0.3, -0.25) is 4.72 Å². The standard InChI is InChI=1S/C21H23NO3S/c23-21(24)15-25-20-8-4-7-18-13-17(9-10-19(18)20)14-22-26-12-11-16-5-2-1-3-6-16/h1-8,11-12,17,22H,9-10,13-15H2,(H,23,24)/b12-11+. The maximum absolute atomic E-state index is 10.7. The highest BCUT2D eigenvalue weighted by molar-refractivity contribution is 8.00. The summed E-state index contributed by atoms with van der Waals surface area (Å²) in [4.78, 5) is 10.7. The van der Waals surface area contributed by atoms with E-state index >= 15 is 0 Å². The summed E-state index contributed by atoms with van der Waals surface area (Å²) >= 11 is 1.62. The van der Waals surface area contributed by atoms with E-state index in [2.05, 4.69) is 34.4 Å². The summed E-state index contributed by atoms with van der Waals surface area (Å²) < 4.78 is 8.86. The molecule has 2 N–H and O–H groups in total. The van der Waals surface area contributed by atoms with E-state index < -0.39 is 5.97 Å². The molecule has 0 spiro atoms. The van der Waals surface area contributed by atoms with Crippen LogP contribution in [0.25, 0.3) is 6.08 Å². The third-order valence-electron chi connectivity index (χ3n) is 4.48. The molecule has 136 valence electrons. The Balaban J connectivity index is 1.47. The van der Waals surface area contributed by atoms with Crippen molar-refractivity contribution in [1.29, 1.82) is 0 Å². The van der Waals surface area contributed by atoms with Crippen molar-refractivity contribution in [3.8, 4) is 5.75 Å². The van der Waals surface area contributed by atoms with E-state index in [4.69, 9.17) is 9.84 Å². The maximum atomic E-state index is 10.7. The number of carbonyl (C=O) groups is 1.